The first-order valence-corrected chi connectivity index (χ1v) is 6.42. The summed E-state index contributed by atoms with van der Waals surface area (Å²) in [6.45, 7) is 1.72. The van der Waals surface area contributed by atoms with Crippen molar-refractivity contribution >= 4 is 39.0 Å². The molecule has 2 N–H and O–H groups in total. The number of carbonyl (C=O) groups excluding carboxylic acids is 1. The molecule has 0 unspecified atom stereocenters. The fourth-order valence-corrected chi connectivity index (χ4v) is 2.06. The Hall–Kier alpha value is -1.50. The average Bonchev–Trinajstić information content (AvgIpc) is 2.40. The zero-order valence-corrected chi connectivity index (χ0v) is 12.2. The Balaban J connectivity index is 2.53. The summed E-state index contributed by atoms with van der Waals surface area (Å²) in [5.41, 5.74) is 3.13. The SMILES string of the molecule is Cc1ncc(Br)cc1C(=O)c1ncc(Cl)cc1NO. The van der Waals surface area contributed by atoms with Crippen LogP contribution >= 0.6 is 27.5 Å². The summed E-state index contributed by atoms with van der Waals surface area (Å²) < 4.78 is 0.689. The monoisotopic (exact) mass is 341 g/mol. The lowest BCUT2D eigenvalue weighted by atomic mass is 10.1. The molecular formula is C12H9BrClN3O2. The maximum absolute atomic E-state index is 12.4. The molecule has 2 aromatic rings. The number of carbonyl (C=O) groups is 1. The highest BCUT2D eigenvalue weighted by molar-refractivity contribution is 9.10. The maximum Gasteiger partial charge on any atom is 0.215 e. The van der Waals surface area contributed by atoms with Gasteiger partial charge in [0.2, 0.25) is 5.78 Å². The van der Waals surface area contributed by atoms with Crippen LogP contribution in [-0.2, 0) is 0 Å². The second kappa shape index (κ2) is 5.64. The van der Waals surface area contributed by atoms with E-state index < -0.39 is 0 Å². The maximum atomic E-state index is 12.4. The van der Waals surface area contributed by atoms with Crippen molar-refractivity contribution in [1.82, 2.24) is 9.97 Å². The van der Waals surface area contributed by atoms with Gasteiger partial charge in [0.15, 0.2) is 0 Å². The first kappa shape index (κ1) is 13.9. The zero-order chi connectivity index (χ0) is 14.0. The second-order valence-corrected chi connectivity index (χ2v) is 5.13. The Kier molecular flexibility index (Phi) is 4.14. The Bertz CT molecular complexity index is 649. The minimum atomic E-state index is -0.348. The number of aryl methyl sites for hydroxylation is 1. The molecule has 0 aromatic carbocycles. The summed E-state index contributed by atoms with van der Waals surface area (Å²) in [4.78, 5) is 20.4. The summed E-state index contributed by atoms with van der Waals surface area (Å²) >= 11 is 9.02. The van der Waals surface area contributed by atoms with E-state index in [0.717, 1.165) is 0 Å². The average molecular weight is 343 g/mol. The standard InChI is InChI=1S/C12H9BrClN3O2/c1-6-9(2-7(13)4-15-6)12(18)11-10(17-19)3-8(14)5-16-11/h2-5,17,19H,1H3. The molecule has 7 heteroatoms. The summed E-state index contributed by atoms with van der Waals surface area (Å²) in [6, 6.07) is 3.07. The number of anilines is 1. The van der Waals surface area contributed by atoms with Crippen molar-refractivity contribution in [3.8, 4) is 0 Å². The number of rotatable bonds is 3. The lowest BCUT2D eigenvalue weighted by Crippen LogP contribution is -2.10. The minimum Gasteiger partial charge on any atom is -0.291 e. The van der Waals surface area contributed by atoms with E-state index >= 15 is 0 Å². The van der Waals surface area contributed by atoms with Crippen LogP contribution in [0, 0.1) is 6.92 Å². The molecular weight excluding hydrogens is 334 g/mol. The summed E-state index contributed by atoms with van der Waals surface area (Å²) in [7, 11) is 0. The van der Waals surface area contributed by atoms with E-state index in [1.807, 2.05) is 5.48 Å². The van der Waals surface area contributed by atoms with Crippen LogP contribution in [0.4, 0.5) is 5.69 Å². The van der Waals surface area contributed by atoms with E-state index in [1.165, 1.54) is 12.3 Å². The van der Waals surface area contributed by atoms with Crippen LogP contribution in [0.5, 0.6) is 0 Å². The van der Waals surface area contributed by atoms with Gasteiger partial charge >= 0.3 is 0 Å². The summed E-state index contributed by atoms with van der Waals surface area (Å²) in [5.74, 6) is -0.348. The molecule has 0 aliphatic rings. The predicted octanol–water partition coefficient (Wildman–Crippen LogP) is 3.23. The molecule has 0 spiro atoms. The topological polar surface area (TPSA) is 75.1 Å². The molecule has 2 aromatic heterocycles. The predicted molar refractivity (Wildman–Crippen MR) is 74.8 cm³/mol. The number of ketones is 1. The van der Waals surface area contributed by atoms with E-state index in [0.29, 0.717) is 20.8 Å². The van der Waals surface area contributed by atoms with Crippen molar-refractivity contribution in [3.63, 3.8) is 0 Å². The smallest absolute Gasteiger partial charge is 0.215 e. The number of pyridine rings is 2. The lowest BCUT2D eigenvalue weighted by molar-refractivity contribution is 0.103. The largest absolute Gasteiger partial charge is 0.291 e. The summed E-state index contributed by atoms with van der Waals surface area (Å²) in [6.07, 6.45) is 2.95. The third-order valence-electron chi connectivity index (χ3n) is 2.49. The van der Waals surface area contributed by atoms with Gasteiger partial charge in [-0.05, 0) is 35.0 Å². The first-order valence-electron chi connectivity index (χ1n) is 5.25. The van der Waals surface area contributed by atoms with Gasteiger partial charge in [-0.3, -0.25) is 20.5 Å². The van der Waals surface area contributed by atoms with Crippen LogP contribution in [0.3, 0.4) is 0 Å². The van der Waals surface area contributed by atoms with E-state index in [4.69, 9.17) is 16.8 Å². The van der Waals surface area contributed by atoms with Crippen LogP contribution in [0.15, 0.2) is 29.0 Å². The van der Waals surface area contributed by atoms with Gasteiger partial charge in [-0.25, -0.2) is 4.98 Å². The van der Waals surface area contributed by atoms with E-state index in [9.17, 15) is 4.79 Å². The van der Waals surface area contributed by atoms with Crippen LogP contribution in [0.2, 0.25) is 5.02 Å². The number of hydrogen-bond acceptors (Lipinski definition) is 5. The molecule has 2 heterocycles. The normalized spacial score (nSPS) is 10.3. The van der Waals surface area contributed by atoms with Gasteiger partial charge in [0.05, 0.1) is 10.7 Å². The second-order valence-electron chi connectivity index (χ2n) is 3.78. The molecule has 0 aliphatic heterocycles. The molecule has 0 fully saturated rings. The van der Waals surface area contributed by atoms with Gasteiger partial charge in [0.1, 0.15) is 5.69 Å². The van der Waals surface area contributed by atoms with Gasteiger partial charge in [-0.15, -0.1) is 0 Å². The molecule has 0 radical (unpaired) electrons. The molecule has 0 saturated heterocycles. The summed E-state index contributed by atoms with van der Waals surface area (Å²) in [5, 5.41) is 9.35. The Morgan fingerprint density at radius 2 is 2.11 bits per heavy atom. The van der Waals surface area contributed by atoms with Crippen molar-refractivity contribution in [1.29, 1.82) is 0 Å². The zero-order valence-electron chi connectivity index (χ0n) is 9.82. The fraction of sp³-hybridized carbons (Fsp3) is 0.0833. The third-order valence-corrected chi connectivity index (χ3v) is 3.13. The van der Waals surface area contributed by atoms with Crippen molar-refractivity contribution in [2.75, 3.05) is 5.48 Å². The molecule has 19 heavy (non-hydrogen) atoms. The number of aromatic nitrogens is 2. The Morgan fingerprint density at radius 1 is 1.37 bits per heavy atom. The van der Waals surface area contributed by atoms with E-state index in [2.05, 4.69) is 25.9 Å². The van der Waals surface area contributed by atoms with Gasteiger partial charge in [0, 0.05) is 28.1 Å². The molecule has 98 valence electrons. The highest BCUT2D eigenvalue weighted by Gasteiger charge is 2.18. The van der Waals surface area contributed by atoms with Gasteiger partial charge in [-0.1, -0.05) is 11.6 Å². The Morgan fingerprint density at radius 3 is 2.79 bits per heavy atom. The van der Waals surface area contributed by atoms with Gasteiger partial charge in [0.25, 0.3) is 0 Å². The molecule has 2 rings (SSSR count). The Labute approximate surface area is 122 Å². The first-order chi connectivity index (χ1) is 9.02. The van der Waals surface area contributed by atoms with Crippen molar-refractivity contribution in [3.05, 3.63) is 51.0 Å². The number of nitrogens with zero attached hydrogens (tertiary/aromatic N) is 2. The van der Waals surface area contributed by atoms with E-state index in [1.54, 1.807) is 19.2 Å². The van der Waals surface area contributed by atoms with Gasteiger partial charge in [-0.2, -0.15) is 0 Å². The van der Waals surface area contributed by atoms with Crippen LogP contribution < -0.4 is 5.48 Å². The van der Waals surface area contributed by atoms with Crippen molar-refractivity contribution in [2.45, 2.75) is 6.92 Å². The molecule has 0 saturated carbocycles. The molecule has 0 aliphatic carbocycles. The molecule has 0 atom stereocenters. The van der Waals surface area contributed by atoms with E-state index in [-0.39, 0.29) is 17.2 Å². The van der Waals surface area contributed by atoms with Crippen molar-refractivity contribution in [2.24, 2.45) is 0 Å². The number of halogens is 2. The molecule has 0 bridgehead atoms. The lowest BCUT2D eigenvalue weighted by Gasteiger charge is -2.08. The third kappa shape index (κ3) is 2.91. The van der Waals surface area contributed by atoms with Crippen LogP contribution in [0.1, 0.15) is 21.7 Å². The fourth-order valence-electron chi connectivity index (χ4n) is 1.57. The van der Waals surface area contributed by atoms with Crippen LogP contribution in [0.25, 0.3) is 0 Å². The number of nitrogens with one attached hydrogen (secondary N) is 1. The minimum absolute atomic E-state index is 0.0786. The highest BCUT2D eigenvalue weighted by atomic mass is 79.9. The van der Waals surface area contributed by atoms with Crippen LogP contribution in [-0.4, -0.2) is 21.0 Å². The highest BCUT2D eigenvalue weighted by Crippen LogP contribution is 2.23. The molecule has 5 nitrogen and oxygen atoms in total. The quantitative estimate of drug-likeness (QED) is 0.661. The molecule has 0 amide bonds. The van der Waals surface area contributed by atoms with Gasteiger partial charge < -0.3 is 0 Å². The van der Waals surface area contributed by atoms with Crippen molar-refractivity contribution < 1.29 is 10.0 Å². The number of hydrogen-bond donors (Lipinski definition) is 2.